The first-order valence-electron chi connectivity index (χ1n) is 21.1. The molecule has 1 unspecified atom stereocenters. The molecule has 0 aliphatic carbocycles. The van der Waals surface area contributed by atoms with Crippen molar-refractivity contribution in [3.63, 3.8) is 0 Å². The number of phenols is 1. The Morgan fingerprint density at radius 3 is 2.34 bits per heavy atom. The number of nitrogens with one attached hydrogen (secondary N) is 1. The maximum absolute atomic E-state index is 14.8. The Kier molecular flexibility index (Phi) is 20.1. The number of hydrogen-bond acceptors (Lipinski definition) is 13. The highest BCUT2D eigenvalue weighted by Gasteiger charge is 2.39. The molecule has 1 saturated heterocycles. The molecule has 1 aliphatic rings. The van der Waals surface area contributed by atoms with Gasteiger partial charge in [0.1, 0.15) is 22.2 Å². The highest BCUT2D eigenvalue weighted by Crippen LogP contribution is 2.34. The van der Waals surface area contributed by atoms with Gasteiger partial charge in [0.2, 0.25) is 5.91 Å². The third kappa shape index (κ3) is 15.1. The van der Waals surface area contributed by atoms with Crippen LogP contribution < -0.4 is 11.1 Å². The van der Waals surface area contributed by atoms with Crippen molar-refractivity contribution >= 4 is 46.7 Å². The standard InChI is InChI=1S/C44H67N5O9S/c1-9-13-41(54)57-26-49(44(56)34(28(5)10-2)22-38(52)36-14-11-12-19-48(36)8)37(27(3)4)23-40(58-30(7)50)43-47-35(25-59-43)42(55)46-32(20-29(6)39(53)24-45)21-31-15-17-33(51)18-16-31/h15-18,25,27-29,32,34,36-37,40,51H,9-14,19-24,26,45H2,1-8H3,(H,46,55)/t28?,29-,32+,34-,36+,37+,40+/m0/s1. The summed E-state index contributed by atoms with van der Waals surface area (Å²) in [5, 5.41) is 14.7. The van der Waals surface area contributed by atoms with Crippen LogP contribution in [-0.2, 0) is 39.9 Å². The van der Waals surface area contributed by atoms with Gasteiger partial charge in [0.15, 0.2) is 18.6 Å². The van der Waals surface area contributed by atoms with Gasteiger partial charge in [0.05, 0.1) is 12.6 Å². The predicted molar refractivity (Wildman–Crippen MR) is 226 cm³/mol. The highest BCUT2D eigenvalue weighted by atomic mass is 32.1. The molecular formula is C44H67N5O9S. The summed E-state index contributed by atoms with van der Waals surface area (Å²) < 4.78 is 11.5. The Morgan fingerprint density at radius 1 is 1.05 bits per heavy atom. The summed E-state index contributed by atoms with van der Waals surface area (Å²) in [5.41, 5.74) is 6.55. The summed E-state index contributed by atoms with van der Waals surface area (Å²) in [5.74, 6) is -3.32. The molecule has 1 fully saturated rings. The van der Waals surface area contributed by atoms with Gasteiger partial charge >= 0.3 is 11.9 Å². The number of likely N-dealkylation sites (N-methyl/N-ethyl adjacent to an activating group) is 1. The van der Waals surface area contributed by atoms with E-state index in [4.69, 9.17) is 15.2 Å². The Bertz CT molecular complexity index is 1700. The van der Waals surface area contributed by atoms with Crippen molar-refractivity contribution < 1.29 is 43.3 Å². The number of likely N-dealkylation sites (tertiary alicyclic amines) is 1. The summed E-state index contributed by atoms with van der Waals surface area (Å²) >= 11 is 1.14. The van der Waals surface area contributed by atoms with Crippen LogP contribution in [0.2, 0.25) is 0 Å². The number of phenolic OH excluding ortho intramolecular Hbond substituents is 1. The molecule has 0 saturated carbocycles. The molecule has 0 bridgehead atoms. The Morgan fingerprint density at radius 2 is 1.75 bits per heavy atom. The molecule has 2 amide bonds. The van der Waals surface area contributed by atoms with E-state index in [1.54, 1.807) is 36.6 Å². The Hall–Kier alpha value is -4.21. The second kappa shape index (κ2) is 24.1. The van der Waals surface area contributed by atoms with E-state index in [1.807, 2.05) is 41.7 Å². The van der Waals surface area contributed by atoms with Gasteiger partial charge in [-0.3, -0.25) is 33.7 Å². The van der Waals surface area contributed by atoms with E-state index in [1.165, 1.54) is 11.8 Å². The van der Waals surface area contributed by atoms with Crippen molar-refractivity contribution in [3.05, 3.63) is 45.9 Å². The summed E-state index contributed by atoms with van der Waals surface area (Å²) in [6.45, 7) is 13.1. The third-order valence-corrected chi connectivity index (χ3v) is 12.4. The molecular weight excluding hydrogens is 775 g/mol. The number of nitrogens with zero attached hydrogens (tertiary/aromatic N) is 3. The number of piperidine rings is 1. The summed E-state index contributed by atoms with van der Waals surface area (Å²) in [7, 11) is 1.95. The molecule has 0 spiro atoms. The van der Waals surface area contributed by atoms with Crippen molar-refractivity contribution in [2.75, 3.05) is 26.9 Å². The van der Waals surface area contributed by atoms with E-state index in [2.05, 4.69) is 15.2 Å². The van der Waals surface area contributed by atoms with Crippen LogP contribution in [0.5, 0.6) is 5.75 Å². The molecule has 1 aromatic heterocycles. The van der Waals surface area contributed by atoms with Gasteiger partial charge in [0, 0.05) is 55.5 Å². The minimum Gasteiger partial charge on any atom is -0.508 e. The SMILES string of the molecule is CCCC(=O)OCN(C(=O)[C@@H](CC(=O)[C@H]1CCCCN1C)C(C)CC)[C@H](C[C@@H](OC(C)=O)c1nc(C(=O)N[C@@H](Cc2ccc(O)cc2)C[C@H](C)C(=O)CN)cs1)C(C)C. The fourth-order valence-corrected chi connectivity index (χ4v) is 8.49. The van der Waals surface area contributed by atoms with Crippen LogP contribution in [0.4, 0.5) is 0 Å². The average Bonchev–Trinajstić information content (AvgIpc) is 3.70. The lowest BCUT2D eigenvalue weighted by atomic mass is 9.82. The molecule has 2 heterocycles. The minimum absolute atomic E-state index is 0.0204. The van der Waals surface area contributed by atoms with E-state index in [9.17, 15) is 33.9 Å². The number of ether oxygens (including phenoxy) is 2. The molecule has 1 aromatic carbocycles. The first-order valence-corrected chi connectivity index (χ1v) is 22.0. The van der Waals surface area contributed by atoms with Gasteiger partial charge in [-0.25, -0.2) is 4.98 Å². The van der Waals surface area contributed by atoms with Gasteiger partial charge in [-0.15, -0.1) is 11.3 Å². The van der Waals surface area contributed by atoms with Crippen molar-refractivity contribution in [1.29, 1.82) is 0 Å². The minimum atomic E-state index is -0.970. The van der Waals surface area contributed by atoms with Crippen molar-refractivity contribution in [1.82, 2.24) is 20.1 Å². The fraction of sp³-hybridized carbons (Fsp3) is 0.659. The number of benzene rings is 1. The number of rotatable bonds is 24. The normalized spacial score (nSPS) is 17.6. The Labute approximate surface area is 354 Å². The maximum Gasteiger partial charge on any atom is 0.307 e. The zero-order valence-corrected chi connectivity index (χ0v) is 37.1. The largest absolute Gasteiger partial charge is 0.508 e. The van der Waals surface area contributed by atoms with Crippen LogP contribution in [0.3, 0.4) is 0 Å². The molecule has 328 valence electrons. The molecule has 1 aliphatic heterocycles. The number of amides is 2. The molecule has 0 radical (unpaired) electrons. The summed E-state index contributed by atoms with van der Waals surface area (Å²) in [6.07, 6.45) is 3.97. The molecule has 14 nitrogen and oxygen atoms in total. The van der Waals surface area contributed by atoms with Gasteiger partial charge in [0.25, 0.3) is 5.91 Å². The number of esters is 2. The lowest BCUT2D eigenvalue weighted by Crippen LogP contribution is -2.50. The number of carbonyl (C=O) groups excluding carboxylic acids is 6. The van der Waals surface area contributed by atoms with Gasteiger partial charge in [-0.05, 0) is 75.2 Å². The molecule has 59 heavy (non-hydrogen) atoms. The van der Waals surface area contributed by atoms with Gasteiger partial charge < -0.3 is 30.5 Å². The fourth-order valence-electron chi connectivity index (χ4n) is 7.65. The number of carbonyl (C=O) groups is 6. The lowest BCUT2D eigenvalue weighted by Gasteiger charge is -2.39. The number of hydrogen-bond donors (Lipinski definition) is 3. The van der Waals surface area contributed by atoms with Gasteiger partial charge in [-0.1, -0.05) is 66.5 Å². The Balaban J connectivity index is 1.95. The van der Waals surface area contributed by atoms with Crippen LogP contribution in [0, 0.1) is 23.7 Å². The number of ketones is 2. The average molecular weight is 842 g/mol. The second-order valence-corrected chi connectivity index (χ2v) is 17.3. The summed E-state index contributed by atoms with van der Waals surface area (Å²) in [4.78, 5) is 88.4. The topological polar surface area (TPSA) is 199 Å². The van der Waals surface area contributed by atoms with Crippen LogP contribution in [0.1, 0.15) is 133 Å². The number of aromatic hydroxyl groups is 1. The van der Waals surface area contributed by atoms with Crippen LogP contribution in [0.15, 0.2) is 29.6 Å². The maximum atomic E-state index is 14.8. The van der Waals surface area contributed by atoms with Crippen molar-refractivity contribution in [2.45, 2.75) is 137 Å². The quantitative estimate of drug-likeness (QED) is 0.0825. The van der Waals surface area contributed by atoms with E-state index < -0.39 is 47.9 Å². The summed E-state index contributed by atoms with van der Waals surface area (Å²) in [6, 6.07) is 5.24. The van der Waals surface area contributed by atoms with Crippen LogP contribution in [-0.4, -0.2) is 100 Å². The molecule has 2 aromatic rings. The number of aromatic nitrogens is 1. The number of thiazole rings is 1. The second-order valence-electron chi connectivity index (χ2n) is 16.4. The van der Waals surface area contributed by atoms with Crippen molar-refractivity contribution in [2.24, 2.45) is 29.4 Å². The van der Waals surface area contributed by atoms with E-state index in [-0.39, 0.29) is 79.3 Å². The predicted octanol–water partition coefficient (Wildman–Crippen LogP) is 6.00. The zero-order valence-electron chi connectivity index (χ0n) is 36.2. The third-order valence-electron chi connectivity index (χ3n) is 11.4. The number of nitrogens with two attached hydrogens (primary N) is 1. The highest BCUT2D eigenvalue weighted by molar-refractivity contribution is 7.09. The van der Waals surface area contributed by atoms with E-state index in [0.29, 0.717) is 30.7 Å². The molecule has 4 N–H and O–H groups in total. The first kappa shape index (κ1) is 49.2. The first-order chi connectivity index (χ1) is 28.0. The smallest absolute Gasteiger partial charge is 0.307 e. The van der Waals surface area contributed by atoms with E-state index >= 15 is 0 Å². The molecule has 3 rings (SSSR count). The van der Waals surface area contributed by atoms with Crippen LogP contribution in [0.25, 0.3) is 0 Å². The van der Waals surface area contributed by atoms with Crippen LogP contribution >= 0.6 is 11.3 Å². The number of Topliss-reactive ketones (excluding diaryl/α,β-unsaturated/α-hetero) is 2. The lowest BCUT2D eigenvalue weighted by molar-refractivity contribution is -0.161. The molecule has 7 atom stereocenters. The monoisotopic (exact) mass is 841 g/mol. The van der Waals surface area contributed by atoms with Gasteiger partial charge in [-0.2, -0.15) is 0 Å². The van der Waals surface area contributed by atoms with Crippen molar-refractivity contribution in [3.8, 4) is 5.75 Å². The zero-order chi connectivity index (χ0) is 43.8. The molecule has 15 heteroatoms. The van der Waals surface area contributed by atoms with E-state index in [0.717, 1.165) is 42.7 Å².